The normalized spacial score (nSPS) is 10.3. The predicted molar refractivity (Wildman–Crippen MR) is 75.3 cm³/mol. The maximum Gasteiger partial charge on any atom is 0.146 e. The summed E-state index contributed by atoms with van der Waals surface area (Å²) >= 11 is 9.51. The van der Waals surface area contributed by atoms with E-state index in [2.05, 4.69) is 15.9 Å². The van der Waals surface area contributed by atoms with E-state index >= 15 is 0 Å². The second-order valence-corrected chi connectivity index (χ2v) is 4.78. The van der Waals surface area contributed by atoms with Crippen LogP contribution in [0.4, 0.5) is 0 Å². The number of hydrogen-bond acceptors (Lipinski definition) is 1. The van der Waals surface area contributed by atoms with E-state index in [1.54, 1.807) is 0 Å². The standard InChI is InChI=1S/C14H12BrClO/c1-10-2-7-14(13(16)8-10)17-12-5-3-11(9-15)4-6-12/h2-8H,9H2,1H3. The Morgan fingerprint density at radius 3 is 2.41 bits per heavy atom. The summed E-state index contributed by atoms with van der Waals surface area (Å²) in [6, 6.07) is 13.7. The summed E-state index contributed by atoms with van der Waals surface area (Å²) in [5.74, 6) is 1.48. The summed E-state index contributed by atoms with van der Waals surface area (Å²) in [5, 5.41) is 1.48. The van der Waals surface area contributed by atoms with Crippen LogP contribution in [0.1, 0.15) is 11.1 Å². The molecule has 0 amide bonds. The van der Waals surface area contributed by atoms with Gasteiger partial charge in [-0.3, -0.25) is 0 Å². The third-order valence-corrected chi connectivity index (χ3v) is 3.34. The van der Waals surface area contributed by atoms with Crippen molar-refractivity contribution in [1.82, 2.24) is 0 Å². The fourth-order valence-corrected chi connectivity index (χ4v) is 2.11. The van der Waals surface area contributed by atoms with Gasteiger partial charge in [0.05, 0.1) is 5.02 Å². The zero-order valence-corrected chi connectivity index (χ0v) is 11.8. The molecule has 0 spiro atoms. The topological polar surface area (TPSA) is 9.23 Å². The summed E-state index contributed by atoms with van der Waals surface area (Å²) < 4.78 is 5.72. The molecule has 0 aliphatic heterocycles. The first kappa shape index (κ1) is 12.5. The van der Waals surface area contributed by atoms with Gasteiger partial charge in [0.25, 0.3) is 0 Å². The molecule has 88 valence electrons. The van der Waals surface area contributed by atoms with Gasteiger partial charge in [-0.2, -0.15) is 0 Å². The largest absolute Gasteiger partial charge is 0.456 e. The average molecular weight is 312 g/mol. The Balaban J connectivity index is 2.19. The minimum atomic E-state index is 0.634. The molecular weight excluding hydrogens is 300 g/mol. The van der Waals surface area contributed by atoms with Crippen LogP contribution in [-0.2, 0) is 5.33 Å². The Morgan fingerprint density at radius 2 is 1.82 bits per heavy atom. The molecule has 0 aliphatic rings. The monoisotopic (exact) mass is 310 g/mol. The molecule has 2 aromatic carbocycles. The molecule has 17 heavy (non-hydrogen) atoms. The lowest BCUT2D eigenvalue weighted by Gasteiger charge is -2.08. The zero-order valence-electron chi connectivity index (χ0n) is 9.41. The first-order valence-electron chi connectivity index (χ1n) is 5.28. The molecule has 0 atom stereocenters. The van der Waals surface area contributed by atoms with Crippen molar-refractivity contribution in [3.05, 3.63) is 58.6 Å². The number of alkyl halides is 1. The van der Waals surface area contributed by atoms with Crippen LogP contribution < -0.4 is 4.74 Å². The van der Waals surface area contributed by atoms with E-state index in [0.717, 1.165) is 16.6 Å². The number of halogens is 2. The maximum absolute atomic E-state index is 6.11. The van der Waals surface area contributed by atoms with Crippen LogP contribution >= 0.6 is 27.5 Å². The van der Waals surface area contributed by atoms with Crippen molar-refractivity contribution < 1.29 is 4.74 Å². The number of hydrogen-bond donors (Lipinski definition) is 0. The molecule has 0 unspecified atom stereocenters. The summed E-state index contributed by atoms with van der Waals surface area (Å²) in [7, 11) is 0. The van der Waals surface area contributed by atoms with Crippen LogP contribution in [0, 0.1) is 6.92 Å². The van der Waals surface area contributed by atoms with Crippen molar-refractivity contribution in [1.29, 1.82) is 0 Å². The van der Waals surface area contributed by atoms with Crippen LogP contribution in [0.25, 0.3) is 0 Å². The van der Waals surface area contributed by atoms with Crippen LogP contribution in [0.3, 0.4) is 0 Å². The molecular formula is C14H12BrClO. The highest BCUT2D eigenvalue weighted by Crippen LogP contribution is 2.30. The zero-order chi connectivity index (χ0) is 12.3. The molecule has 2 rings (SSSR count). The number of rotatable bonds is 3. The van der Waals surface area contributed by atoms with Crippen LogP contribution in [0.15, 0.2) is 42.5 Å². The highest BCUT2D eigenvalue weighted by Gasteiger charge is 2.03. The SMILES string of the molecule is Cc1ccc(Oc2ccc(CBr)cc2)c(Cl)c1. The van der Waals surface area contributed by atoms with Gasteiger partial charge in [-0.25, -0.2) is 0 Å². The molecule has 0 bridgehead atoms. The van der Waals surface area contributed by atoms with Crippen LogP contribution in [0.5, 0.6) is 11.5 Å². The van der Waals surface area contributed by atoms with Crippen molar-refractivity contribution in [3.63, 3.8) is 0 Å². The average Bonchev–Trinajstić information content (AvgIpc) is 2.34. The van der Waals surface area contributed by atoms with E-state index in [4.69, 9.17) is 16.3 Å². The fourth-order valence-electron chi connectivity index (χ4n) is 1.46. The summed E-state index contributed by atoms with van der Waals surface area (Å²) in [4.78, 5) is 0. The van der Waals surface area contributed by atoms with Gasteiger partial charge < -0.3 is 4.74 Å². The first-order valence-corrected chi connectivity index (χ1v) is 6.78. The van der Waals surface area contributed by atoms with Crippen molar-refractivity contribution in [2.24, 2.45) is 0 Å². The second kappa shape index (κ2) is 5.56. The molecule has 0 saturated carbocycles. The van der Waals surface area contributed by atoms with E-state index in [9.17, 15) is 0 Å². The molecule has 0 N–H and O–H groups in total. The van der Waals surface area contributed by atoms with Gasteiger partial charge in [0.15, 0.2) is 0 Å². The molecule has 0 aromatic heterocycles. The van der Waals surface area contributed by atoms with Crippen LogP contribution in [-0.4, -0.2) is 0 Å². The van der Waals surface area contributed by atoms with Gasteiger partial charge in [0.1, 0.15) is 11.5 Å². The molecule has 1 nitrogen and oxygen atoms in total. The molecule has 2 aromatic rings. The van der Waals surface area contributed by atoms with Crippen molar-refractivity contribution in [2.45, 2.75) is 12.3 Å². The number of ether oxygens (including phenoxy) is 1. The number of aryl methyl sites for hydroxylation is 1. The van der Waals surface area contributed by atoms with Crippen molar-refractivity contribution in [3.8, 4) is 11.5 Å². The Kier molecular flexibility index (Phi) is 4.08. The van der Waals surface area contributed by atoms with Gasteiger partial charge in [-0.1, -0.05) is 45.7 Å². The molecule has 0 aliphatic carbocycles. The number of benzene rings is 2. The van der Waals surface area contributed by atoms with Crippen molar-refractivity contribution in [2.75, 3.05) is 0 Å². The lowest BCUT2D eigenvalue weighted by Crippen LogP contribution is -1.86. The predicted octanol–water partition coefficient (Wildman–Crippen LogP) is 5.34. The van der Waals surface area contributed by atoms with Gasteiger partial charge in [-0.15, -0.1) is 0 Å². The van der Waals surface area contributed by atoms with Crippen molar-refractivity contribution >= 4 is 27.5 Å². The van der Waals surface area contributed by atoms with E-state index in [1.165, 1.54) is 5.56 Å². The third-order valence-electron chi connectivity index (χ3n) is 2.39. The Labute approximate surface area is 115 Å². The summed E-state index contributed by atoms with van der Waals surface area (Å²) in [6.45, 7) is 2.00. The van der Waals surface area contributed by atoms with E-state index in [0.29, 0.717) is 10.8 Å². The van der Waals surface area contributed by atoms with Gasteiger partial charge in [-0.05, 0) is 42.3 Å². The minimum absolute atomic E-state index is 0.634. The molecule has 0 saturated heterocycles. The van der Waals surface area contributed by atoms with Gasteiger partial charge in [0.2, 0.25) is 0 Å². The van der Waals surface area contributed by atoms with Crippen LogP contribution in [0.2, 0.25) is 5.02 Å². The highest BCUT2D eigenvalue weighted by atomic mass is 79.9. The summed E-state index contributed by atoms with van der Waals surface area (Å²) in [5.41, 5.74) is 2.34. The molecule has 3 heteroatoms. The first-order chi connectivity index (χ1) is 8.19. The van der Waals surface area contributed by atoms with E-state index in [-0.39, 0.29) is 0 Å². The smallest absolute Gasteiger partial charge is 0.146 e. The fraction of sp³-hybridized carbons (Fsp3) is 0.143. The maximum atomic E-state index is 6.11. The second-order valence-electron chi connectivity index (χ2n) is 3.81. The lowest BCUT2D eigenvalue weighted by molar-refractivity contribution is 0.482. The Hall–Kier alpha value is -0.990. The van der Waals surface area contributed by atoms with Gasteiger partial charge >= 0.3 is 0 Å². The molecule has 0 radical (unpaired) electrons. The quantitative estimate of drug-likeness (QED) is 0.696. The molecule has 0 heterocycles. The highest BCUT2D eigenvalue weighted by molar-refractivity contribution is 9.08. The third kappa shape index (κ3) is 3.24. The Bertz CT molecular complexity index is 508. The lowest BCUT2D eigenvalue weighted by atomic mass is 10.2. The summed E-state index contributed by atoms with van der Waals surface area (Å²) in [6.07, 6.45) is 0. The molecule has 0 fully saturated rings. The van der Waals surface area contributed by atoms with E-state index in [1.807, 2.05) is 49.4 Å². The minimum Gasteiger partial charge on any atom is -0.456 e. The van der Waals surface area contributed by atoms with Gasteiger partial charge in [0, 0.05) is 5.33 Å². The van der Waals surface area contributed by atoms with E-state index < -0.39 is 0 Å². The Morgan fingerprint density at radius 1 is 1.12 bits per heavy atom.